The standard InChI is InChI=1S/C13H20N2O3S/c1-13(2,3)10-8-19-12(14-10)9-6-15(4-5-18-9)7-11(16)17/h8-9H,4-7H2,1-3H3,(H,16,17)/t9-/m1/s1. The molecule has 1 aliphatic rings. The van der Waals surface area contributed by atoms with E-state index >= 15 is 0 Å². The number of carboxylic acids is 1. The lowest BCUT2D eigenvalue weighted by atomic mass is 9.93. The molecule has 19 heavy (non-hydrogen) atoms. The number of nitrogens with zero attached hydrogens (tertiary/aromatic N) is 2. The van der Waals surface area contributed by atoms with Crippen molar-refractivity contribution in [1.29, 1.82) is 0 Å². The summed E-state index contributed by atoms with van der Waals surface area (Å²) in [5.74, 6) is -0.796. The van der Waals surface area contributed by atoms with Gasteiger partial charge in [0.1, 0.15) is 11.1 Å². The van der Waals surface area contributed by atoms with E-state index in [1.165, 1.54) is 0 Å². The molecule has 0 saturated carbocycles. The van der Waals surface area contributed by atoms with Crippen LogP contribution in [0.5, 0.6) is 0 Å². The van der Waals surface area contributed by atoms with Crippen molar-refractivity contribution in [3.8, 4) is 0 Å². The van der Waals surface area contributed by atoms with Crippen LogP contribution in [0.25, 0.3) is 0 Å². The Labute approximate surface area is 117 Å². The first kappa shape index (κ1) is 14.4. The maximum atomic E-state index is 10.8. The van der Waals surface area contributed by atoms with Gasteiger partial charge in [0.15, 0.2) is 0 Å². The van der Waals surface area contributed by atoms with Crippen LogP contribution in [0.3, 0.4) is 0 Å². The van der Waals surface area contributed by atoms with E-state index in [1.807, 2.05) is 4.90 Å². The van der Waals surface area contributed by atoms with Gasteiger partial charge in [0.2, 0.25) is 0 Å². The summed E-state index contributed by atoms with van der Waals surface area (Å²) in [6.45, 7) is 8.28. The second kappa shape index (κ2) is 5.56. The van der Waals surface area contributed by atoms with Crippen LogP contribution in [0.2, 0.25) is 0 Å². The van der Waals surface area contributed by atoms with Gasteiger partial charge in [-0.15, -0.1) is 11.3 Å². The molecular weight excluding hydrogens is 264 g/mol. The van der Waals surface area contributed by atoms with Gasteiger partial charge in [-0.2, -0.15) is 0 Å². The highest BCUT2D eigenvalue weighted by atomic mass is 32.1. The van der Waals surface area contributed by atoms with Crippen LogP contribution < -0.4 is 0 Å². The molecule has 1 aliphatic heterocycles. The molecular formula is C13H20N2O3S. The number of aromatic nitrogens is 1. The molecule has 106 valence electrons. The third-order valence-corrected chi connectivity index (χ3v) is 4.01. The number of morpholine rings is 1. The van der Waals surface area contributed by atoms with Gasteiger partial charge in [-0.25, -0.2) is 4.98 Å². The van der Waals surface area contributed by atoms with Crippen LogP contribution in [-0.4, -0.2) is 47.2 Å². The topological polar surface area (TPSA) is 62.7 Å². The van der Waals surface area contributed by atoms with Crippen molar-refractivity contribution in [2.75, 3.05) is 26.2 Å². The van der Waals surface area contributed by atoms with Crippen molar-refractivity contribution in [3.63, 3.8) is 0 Å². The quantitative estimate of drug-likeness (QED) is 0.918. The summed E-state index contributed by atoms with van der Waals surface area (Å²) in [7, 11) is 0. The van der Waals surface area contributed by atoms with E-state index in [2.05, 4.69) is 31.1 Å². The minimum Gasteiger partial charge on any atom is -0.480 e. The van der Waals surface area contributed by atoms with E-state index in [0.29, 0.717) is 19.7 Å². The third-order valence-electron chi connectivity index (χ3n) is 3.08. The van der Waals surface area contributed by atoms with E-state index in [0.717, 1.165) is 10.7 Å². The Hall–Kier alpha value is -0.980. The van der Waals surface area contributed by atoms with E-state index in [4.69, 9.17) is 9.84 Å². The van der Waals surface area contributed by atoms with E-state index < -0.39 is 5.97 Å². The second-order valence-corrected chi connectivity index (χ2v) is 6.70. The molecule has 2 rings (SSSR count). The van der Waals surface area contributed by atoms with Crippen LogP contribution in [0.1, 0.15) is 37.6 Å². The minimum absolute atomic E-state index is 0.0319. The van der Waals surface area contributed by atoms with Crippen molar-refractivity contribution >= 4 is 17.3 Å². The number of carbonyl (C=O) groups is 1. The Balaban J connectivity index is 2.05. The number of carboxylic acid groups (broad SMARTS) is 1. The Kier molecular flexibility index (Phi) is 4.23. The molecule has 5 nitrogen and oxygen atoms in total. The zero-order valence-electron chi connectivity index (χ0n) is 11.5. The fraction of sp³-hybridized carbons (Fsp3) is 0.692. The Bertz CT molecular complexity index is 453. The highest BCUT2D eigenvalue weighted by molar-refractivity contribution is 7.09. The maximum Gasteiger partial charge on any atom is 0.317 e. The predicted molar refractivity (Wildman–Crippen MR) is 73.6 cm³/mol. The van der Waals surface area contributed by atoms with Crippen LogP contribution in [0.4, 0.5) is 0 Å². The molecule has 1 aromatic heterocycles. The van der Waals surface area contributed by atoms with Crippen LogP contribution >= 0.6 is 11.3 Å². The van der Waals surface area contributed by atoms with Gasteiger partial charge in [-0.1, -0.05) is 20.8 Å². The van der Waals surface area contributed by atoms with E-state index in [9.17, 15) is 4.79 Å². The Morgan fingerprint density at radius 3 is 2.95 bits per heavy atom. The summed E-state index contributed by atoms with van der Waals surface area (Å²) in [6, 6.07) is 0. The number of thiazole rings is 1. The molecule has 6 heteroatoms. The van der Waals surface area contributed by atoms with Gasteiger partial charge in [0.05, 0.1) is 18.8 Å². The number of ether oxygens (including phenoxy) is 1. The molecule has 1 saturated heterocycles. The molecule has 1 atom stereocenters. The average Bonchev–Trinajstić information content (AvgIpc) is 2.77. The fourth-order valence-corrected chi connectivity index (χ4v) is 3.05. The lowest BCUT2D eigenvalue weighted by Gasteiger charge is -2.30. The second-order valence-electron chi connectivity index (χ2n) is 5.81. The van der Waals surface area contributed by atoms with Crippen molar-refractivity contribution in [1.82, 2.24) is 9.88 Å². The lowest BCUT2D eigenvalue weighted by molar-refractivity contribution is -0.140. The maximum absolute atomic E-state index is 10.8. The van der Waals surface area contributed by atoms with Gasteiger partial charge in [-0.3, -0.25) is 9.69 Å². The third kappa shape index (κ3) is 3.75. The lowest BCUT2D eigenvalue weighted by Crippen LogP contribution is -2.41. The van der Waals surface area contributed by atoms with Gasteiger partial charge >= 0.3 is 5.97 Å². The number of aliphatic carboxylic acids is 1. The fourth-order valence-electron chi connectivity index (χ4n) is 1.97. The minimum atomic E-state index is -0.796. The highest BCUT2D eigenvalue weighted by Gasteiger charge is 2.27. The van der Waals surface area contributed by atoms with Gasteiger partial charge < -0.3 is 9.84 Å². The van der Waals surface area contributed by atoms with Crippen molar-refractivity contribution in [3.05, 3.63) is 16.1 Å². The van der Waals surface area contributed by atoms with Crippen LogP contribution in [-0.2, 0) is 14.9 Å². The molecule has 0 spiro atoms. The first-order chi connectivity index (χ1) is 8.86. The van der Waals surface area contributed by atoms with Crippen LogP contribution in [0.15, 0.2) is 5.38 Å². The number of rotatable bonds is 3. The molecule has 1 N–H and O–H groups in total. The SMILES string of the molecule is CC(C)(C)c1csc([C@H]2CN(CC(=O)O)CCO2)n1. The monoisotopic (exact) mass is 284 g/mol. The van der Waals surface area contributed by atoms with Gasteiger partial charge in [0, 0.05) is 23.9 Å². The normalized spacial score (nSPS) is 21.5. The Morgan fingerprint density at radius 1 is 1.63 bits per heavy atom. The number of hydrogen-bond donors (Lipinski definition) is 1. The molecule has 0 amide bonds. The average molecular weight is 284 g/mol. The van der Waals surface area contributed by atoms with Gasteiger partial charge in [-0.05, 0) is 0 Å². The zero-order valence-corrected chi connectivity index (χ0v) is 12.4. The molecule has 1 fully saturated rings. The molecule has 0 radical (unpaired) electrons. The first-order valence-corrected chi connectivity index (χ1v) is 7.26. The highest BCUT2D eigenvalue weighted by Crippen LogP contribution is 2.29. The van der Waals surface area contributed by atoms with Crippen LogP contribution in [0, 0.1) is 0 Å². The molecule has 0 bridgehead atoms. The summed E-state index contributed by atoms with van der Waals surface area (Å²) in [5, 5.41) is 11.8. The molecule has 0 aromatic carbocycles. The van der Waals surface area contributed by atoms with Gasteiger partial charge in [0.25, 0.3) is 0 Å². The summed E-state index contributed by atoms with van der Waals surface area (Å²) >= 11 is 1.59. The van der Waals surface area contributed by atoms with E-state index in [-0.39, 0.29) is 18.1 Å². The summed E-state index contributed by atoms with van der Waals surface area (Å²) < 4.78 is 5.72. The van der Waals surface area contributed by atoms with E-state index in [1.54, 1.807) is 11.3 Å². The van der Waals surface area contributed by atoms with Crippen molar-refractivity contribution in [2.24, 2.45) is 0 Å². The summed E-state index contributed by atoms with van der Waals surface area (Å²) in [5.41, 5.74) is 1.09. The smallest absolute Gasteiger partial charge is 0.317 e. The first-order valence-electron chi connectivity index (χ1n) is 6.38. The molecule has 0 unspecified atom stereocenters. The number of hydrogen-bond acceptors (Lipinski definition) is 5. The Morgan fingerprint density at radius 2 is 2.37 bits per heavy atom. The van der Waals surface area contributed by atoms with Crippen molar-refractivity contribution in [2.45, 2.75) is 32.3 Å². The molecule has 0 aliphatic carbocycles. The zero-order chi connectivity index (χ0) is 14.0. The predicted octanol–water partition coefficient (Wildman–Crippen LogP) is 1.90. The molecule has 1 aromatic rings. The molecule has 2 heterocycles. The summed E-state index contributed by atoms with van der Waals surface area (Å²) in [6.07, 6.45) is -0.103. The largest absolute Gasteiger partial charge is 0.480 e. The van der Waals surface area contributed by atoms with Crippen molar-refractivity contribution < 1.29 is 14.6 Å². The summed E-state index contributed by atoms with van der Waals surface area (Å²) in [4.78, 5) is 17.3.